The lowest BCUT2D eigenvalue weighted by Gasteiger charge is -2.35. The maximum absolute atomic E-state index is 5.26. The maximum Gasteiger partial charge on any atom is 0.120 e. The second-order valence-electron chi connectivity index (χ2n) is 4.71. The Morgan fingerprint density at radius 2 is 2.12 bits per heavy atom. The van der Waals surface area contributed by atoms with Gasteiger partial charge >= 0.3 is 0 Å². The Hall–Kier alpha value is -1.22. The van der Waals surface area contributed by atoms with Gasteiger partial charge in [-0.3, -0.25) is 0 Å². The Kier molecular flexibility index (Phi) is 3.06. The number of nitrogens with zero attached hydrogens (tertiary/aromatic N) is 1. The first-order valence-electron chi connectivity index (χ1n) is 5.72. The highest BCUT2D eigenvalue weighted by atomic mass is 16.5. The van der Waals surface area contributed by atoms with Crippen LogP contribution in [0, 0.1) is 0 Å². The molecule has 88 valence electrons. The van der Waals surface area contributed by atoms with E-state index in [0.29, 0.717) is 12.1 Å². The molecule has 3 heteroatoms. The van der Waals surface area contributed by atoms with Gasteiger partial charge in [0.2, 0.25) is 0 Å². The number of hydrogen-bond donors (Lipinski definition) is 1. The molecular weight excluding hydrogens is 200 g/mol. The molecular formula is C13H20N2O. The van der Waals surface area contributed by atoms with Crippen LogP contribution in [0.1, 0.15) is 24.9 Å². The van der Waals surface area contributed by atoms with Crippen LogP contribution in [0.2, 0.25) is 0 Å². The molecule has 0 radical (unpaired) electrons. The molecule has 3 nitrogen and oxygen atoms in total. The summed E-state index contributed by atoms with van der Waals surface area (Å²) < 4.78 is 5.26. The number of nitrogens with one attached hydrogen (secondary N) is 1. The van der Waals surface area contributed by atoms with Crippen LogP contribution >= 0.6 is 0 Å². The second-order valence-corrected chi connectivity index (χ2v) is 4.71. The third-order valence-electron chi connectivity index (χ3n) is 3.22. The minimum atomic E-state index is 0.497. The van der Waals surface area contributed by atoms with Gasteiger partial charge in [-0.25, -0.2) is 0 Å². The van der Waals surface area contributed by atoms with E-state index in [9.17, 15) is 0 Å². The molecule has 2 rings (SSSR count). The van der Waals surface area contributed by atoms with Gasteiger partial charge in [-0.2, -0.15) is 0 Å². The van der Waals surface area contributed by atoms with Crippen molar-refractivity contribution in [1.82, 2.24) is 4.90 Å². The highest BCUT2D eigenvalue weighted by Gasteiger charge is 2.25. The number of ether oxygens (including phenoxy) is 1. The van der Waals surface area contributed by atoms with E-state index in [2.05, 4.69) is 43.4 Å². The van der Waals surface area contributed by atoms with Crippen molar-refractivity contribution in [2.45, 2.75) is 25.4 Å². The molecule has 1 N–H and O–H groups in total. The number of benzene rings is 1. The molecule has 16 heavy (non-hydrogen) atoms. The molecule has 1 heterocycles. The maximum atomic E-state index is 5.26. The monoisotopic (exact) mass is 220 g/mol. The van der Waals surface area contributed by atoms with Gasteiger partial charge < -0.3 is 15.0 Å². The lowest BCUT2D eigenvalue weighted by Crippen LogP contribution is -2.32. The van der Waals surface area contributed by atoms with Gasteiger partial charge in [0.25, 0.3) is 0 Å². The fourth-order valence-electron chi connectivity index (χ4n) is 2.35. The van der Waals surface area contributed by atoms with Crippen molar-refractivity contribution in [3.05, 3.63) is 23.8 Å². The molecule has 0 saturated heterocycles. The summed E-state index contributed by atoms with van der Waals surface area (Å²) in [6.07, 6.45) is 1.15. The summed E-state index contributed by atoms with van der Waals surface area (Å²) in [4.78, 5) is 2.28. The molecule has 1 aliphatic rings. The summed E-state index contributed by atoms with van der Waals surface area (Å²) in [5.74, 6) is 0.915. The topological polar surface area (TPSA) is 24.5 Å². The highest BCUT2D eigenvalue weighted by Crippen LogP contribution is 2.37. The van der Waals surface area contributed by atoms with Gasteiger partial charge in [-0.05, 0) is 39.1 Å². The summed E-state index contributed by atoms with van der Waals surface area (Å²) in [5, 5.41) is 3.51. The SMILES string of the molecule is COc1ccc2c(c1)NC(C)CC2N(C)C. The third kappa shape index (κ3) is 2.00. The predicted molar refractivity (Wildman–Crippen MR) is 67.1 cm³/mol. The molecule has 0 aliphatic carbocycles. The Balaban J connectivity index is 2.39. The van der Waals surface area contributed by atoms with Crippen LogP contribution in [-0.4, -0.2) is 32.1 Å². The highest BCUT2D eigenvalue weighted by molar-refractivity contribution is 5.58. The van der Waals surface area contributed by atoms with Crippen molar-refractivity contribution in [1.29, 1.82) is 0 Å². The predicted octanol–water partition coefficient (Wildman–Crippen LogP) is 2.50. The van der Waals surface area contributed by atoms with Gasteiger partial charge in [0.05, 0.1) is 7.11 Å². The summed E-state index contributed by atoms with van der Waals surface area (Å²) in [5.41, 5.74) is 2.57. The Bertz CT molecular complexity index is 376. The summed E-state index contributed by atoms with van der Waals surface area (Å²) in [6.45, 7) is 2.22. The van der Waals surface area contributed by atoms with Crippen LogP contribution in [-0.2, 0) is 0 Å². The zero-order valence-electron chi connectivity index (χ0n) is 10.4. The second kappa shape index (κ2) is 4.34. The van der Waals surface area contributed by atoms with E-state index in [1.807, 2.05) is 6.07 Å². The Morgan fingerprint density at radius 3 is 2.75 bits per heavy atom. The van der Waals surface area contributed by atoms with E-state index in [-0.39, 0.29) is 0 Å². The zero-order chi connectivity index (χ0) is 11.7. The zero-order valence-corrected chi connectivity index (χ0v) is 10.4. The van der Waals surface area contributed by atoms with E-state index >= 15 is 0 Å². The summed E-state index contributed by atoms with van der Waals surface area (Å²) >= 11 is 0. The third-order valence-corrected chi connectivity index (χ3v) is 3.22. The largest absolute Gasteiger partial charge is 0.497 e. The molecule has 0 bridgehead atoms. The van der Waals surface area contributed by atoms with Gasteiger partial charge in [-0.1, -0.05) is 6.07 Å². The lowest BCUT2D eigenvalue weighted by atomic mass is 9.93. The molecule has 1 aliphatic heterocycles. The average molecular weight is 220 g/mol. The first-order valence-corrected chi connectivity index (χ1v) is 5.72. The van der Waals surface area contributed by atoms with E-state index < -0.39 is 0 Å². The Labute approximate surface area is 97.4 Å². The molecule has 2 atom stereocenters. The molecule has 2 unspecified atom stereocenters. The molecule has 0 saturated carbocycles. The summed E-state index contributed by atoms with van der Waals surface area (Å²) in [7, 11) is 5.98. The van der Waals surface area contributed by atoms with E-state index in [1.54, 1.807) is 7.11 Å². The van der Waals surface area contributed by atoms with Gasteiger partial charge in [0, 0.05) is 23.8 Å². The smallest absolute Gasteiger partial charge is 0.120 e. The number of rotatable bonds is 2. The number of hydrogen-bond acceptors (Lipinski definition) is 3. The molecule has 1 aromatic rings. The van der Waals surface area contributed by atoms with Gasteiger partial charge in [0.15, 0.2) is 0 Å². The minimum absolute atomic E-state index is 0.497. The van der Waals surface area contributed by atoms with Crippen LogP contribution in [0.5, 0.6) is 5.75 Å². The Morgan fingerprint density at radius 1 is 1.38 bits per heavy atom. The molecule has 0 spiro atoms. The van der Waals surface area contributed by atoms with Crippen molar-refractivity contribution in [3.8, 4) is 5.75 Å². The van der Waals surface area contributed by atoms with Crippen LogP contribution < -0.4 is 10.1 Å². The van der Waals surface area contributed by atoms with Crippen LogP contribution in [0.25, 0.3) is 0 Å². The van der Waals surface area contributed by atoms with E-state index in [4.69, 9.17) is 4.74 Å². The minimum Gasteiger partial charge on any atom is -0.497 e. The number of methoxy groups -OCH3 is 1. The van der Waals surface area contributed by atoms with Crippen molar-refractivity contribution in [2.75, 3.05) is 26.5 Å². The molecule has 0 fully saturated rings. The number of anilines is 1. The fraction of sp³-hybridized carbons (Fsp3) is 0.538. The van der Waals surface area contributed by atoms with E-state index in [1.165, 1.54) is 11.3 Å². The van der Waals surface area contributed by atoms with Crippen molar-refractivity contribution >= 4 is 5.69 Å². The van der Waals surface area contributed by atoms with Crippen molar-refractivity contribution in [3.63, 3.8) is 0 Å². The molecule has 0 amide bonds. The van der Waals surface area contributed by atoms with Crippen molar-refractivity contribution in [2.24, 2.45) is 0 Å². The van der Waals surface area contributed by atoms with Crippen molar-refractivity contribution < 1.29 is 4.74 Å². The van der Waals surface area contributed by atoms with Gasteiger partial charge in [0.1, 0.15) is 5.75 Å². The fourth-order valence-corrected chi connectivity index (χ4v) is 2.35. The van der Waals surface area contributed by atoms with Crippen LogP contribution in [0.15, 0.2) is 18.2 Å². The average Bonchev–Trinajstić information content (AvgIpc) is 2.26. The molecule has 0 aromatic heterocycles. The lowest BCUT2D eigenvalue weighted by molar-refractivity contribution is 0.270. The van der Waals surface area contributed by atoms with E-state index in [0.717, 1.165) is 12.2 Å². The summed E-state index contributed by atoms with van der Waals surface area (Å²) in [6, 6.07) is 7.29. The number of fused-ring (bicyclic) bond motifs is 1. The normalized spacial score (nSPS) is 23.8. The van der Waals surface area contributed by atoms with Crippen LogP contribution in [0.3, 0.4) is 0 Å². The quantitative estimate of drug-likeness (QED) is 0.828. The first kappa shape index (κ1) is 11.3. The standard InChI is InChI=1S/C13H20N2O/c1-9-7-13(15(2)3)11-6-5-10(16-4)8-12(11)14-9/h5-6,8-9,13-14H,7H2,1-4H3. The van der Waals surface area contributed by atoms with Gasteiger partial charge in [-0.15, -0.1) is 0 Å². The molecule has 1 aromatic carbocycles. The first-order chi connectivity index (χ1) is 7.61. The van der Waals surface area contributed by atoms with Crippen LogP contribution in [0.4, 0.5) is 5.69 Å².